The Labute approximate surface area is 138 Å². The monoisotopic (exact) mass is 330 g/mol. The Balaban J connectivity index is 1.79. The molecule has 2 heterocycles. The van der Waals surface area contributed by atoms with Crippen LogP contribution in [0.15, 0.2) is 36.4 Å². The Morgan fingerprint density at radius 1 is 1.09 bits per heavy atom. The molecule has 1 aliphatic heterocycles. The number of ketones is 1. The van der Waals surface area contributed by atoms with Gasteiger partial charge in [-0.25, -0.2) is 0 Å². The molecule has 0 spiro atoms. The number of hydrogen-bond donors (Lipinski definition) is 1. The molecule has 1 aromatic heterocycles. The van der Waals surface area contributed by atoms with Gasteiger partial charge in [0.15, 0.2) is 5.78 Å². The van der Waals surface area contributed by atoms with Gasteiger partial charge in [0.05, 0.1) is 34.3 Å². The number of para-hydroxylation sites is 2. The van der Waals surface area contributed by atoms with Crippen molar-refractivity contribution in [2.75, 3.05) is 36.5 Å². The number of carbonyl (C=O) groups excluding carboxylic acids is 2. The summed E-state index contributed by atoms with van der Waals surface area (Å²) in [7, 11) is 0. The number of ether oxygens (including phenoxy) is 1. The van der Waals surface area contributed by atoms with Gasteiger partial charge in [-0.3, -0.25) is 9.59 Å². The highest BCUT2D eigenvalue weighted by Gasteiger charge is 2.17. The Morgan fingerprint density at radius 2 is 1.78 bits per heavy atom. The van der Waals surface area contributed by atoms with Gasteiger partial charge in [-0.1, -0.05) is 12.1 Å². The van der Waals surface area contributed by atoms with Gasteiger partial charge in [0, 0.05) is 13.1 Å². The van der Waals surface area contributed by atoms with Crippen LogP contribution in [0, 0.1) is 0 Å². The van der Waals surface area contributed by atoms with Gasteiger partial charge in [0.1, 0.15) is 0 Å². The molecule has 1 aliphatic rings. The number of thiophene rings is 1. The number of Topliss-reactive ketones (excluding diaryl/α,β-unsaturated/α-hetero) is 1. The van der Waals surface area contributed by atoms with E-state index in [1.165, 1.54) is 18.3 Å². The number of morpholine rings is 1. The number of nitrogens with zero attached hydrogens (tertiary/aromatic N) is 1. The van der Waals surface area contributed by atoms with E-state index in [0.29, 0.717) is 23.0 Å². The third kappa shape index (κ3) is 3.60. The van der Waals surface area contributed by atoms with Gasteiger partial charge in [0.25, 0.3) is 5.91 Å². The molecule has 1 fully saturated rings. The lowest BCUT2D eigenvalue weighted by atomic mass is 10.2. The fourth-order valence-electron chi connectivity index (χ4n) is 2.49. The van der Waals surface area contributed by atoms with Crippen LogP contribution in [0.2, 0.25) is 0 Å². The van der Waals surface area contributed by atoms with E-state index in [0.717, 1.165) is 24.5 Å². The average Bonchev–Trinajstić information content (AvgIpc) is 3.07. The van der Waals surface area contributed by atoms with Crippen molar-refractivity contribution < 1.29 is 14.3 Å². The lowest BCUT2D eigenvalue weighted by molar-refractivity contribution is 0.101. The number of benzene rings is 1. The van der Waals surface area contributed by atoms with Gasteiger partial charge in [-0.05, 0) is 31.2 Å². The van der Waals surface area contributed by atoms with Gasteiger partial charge >= 0.3 is 0 Å². The fourth-order valence-corrected chi connectivity index (χ4v) is 3.29. The lowest BCUT2D eigenvalue weighted by Gasteiger charge is -2.30. The summed E-state index contributed by atoms with van der Waals surface area (Å²) < 4.78 is 5.38. The van der Waals surface area contributed by atoms with Crippen molar-refractivity contribution in [2.45, 2.75) is 6.92 Å². The van der Waals surface area contributed by atoms with E-state index in [9.17, 15) is 9.59 Å². The van der Waals surface area contributed by atoms with Crippen LogP contribution in [0.5, 0.6) is 0 Å². The summed E-state index contributed by atoms with van der Waals surface area (Å²) in [5.74, 6) is -0.217. The SMILES string of the molecule is CC(=O)c1ccc(C(=O)Nc2ccccc2N2CCOCC2)s1. The zero-order chi connectivity index (χ0) is 16.2. The Kier molecular flexibility index (Phi) is 4.73. The maximum absolute atomic E-state index is 12.4. The van der Waals surface area contributed by atoms with Gasteiger partial charge in [-0.15, -0.1) is 11.3 Å². The topological polar surface area (TPSA) is 58.6 Å². The molecule has 0 radical (unpaired) electrons. The molecular formula is C17H18N2O3S. The molecule has 0 saturated carbocycles. The first-order chi connectivity index (χ1) is 11.1. The first-order valence-electron chi connectivity index (χ1n) is 7.49. The van der Waals surface area contributed by atoms with E-state index in [-0.39, 0.29) is 11.7 Å². The second-order valence-corrected chi connectivity index (χ2v) is 6.37. The standard InChI is InChI=1S/C17H18N2O3S/c1-12(20)15-6-7-16(23-15)17(21)18-13-4-2-3-5-14(13)19-8-10-22-11-9-19/h2-7H,8-11H2,1H3,(H,18,21). The highest BCUT2D eigenvalue weighted by Crippen LogP contribution is 2.27. The second kappa shape index (κ2) is 6.93. The smallest absolute Gasteiger partial charge is 0.265 e. The first-order valence-corrected chi connectivity index (χ1v) is 8.30. The zero-order valence-electron chi connectivity index (χ0n) is 12.9. The Bertz CT molecular complexity index is 720. The van der Waals surface area contributed by atoms with E-state index in [1.54, 1.807) is 12.1 Å². The number of hydrogen-bond acceptors (Lipinski definition) is 5. The third-order valence-electron chi connectivity index (χ3n) is 3.68. The summed E-state index contributed by atoms with van der Waals surface area (Å²) in [6.45, 7) is 4.49. The molecule has 2 aromatic rings. The molecule has 1 saturated heterocycles. The zero-order valence-corrected chi connectivity index (χ0v) is 13.7. The van der Waals surface area contributed by atoms with E-state index in [2.05, 4.69) is 10.2 Å². The van der Waals surface area contributed by atoms with Gasteiger partial charge in [0.2, 0.25) is 0 Å². The highest BCUT2D eigenvalue weighted by molar-refractivity contribution is 7.16. The number of rotatable bonds is 4. The predicted molar refractivity (Wildman–Crippen MR) is 91.8 cm³/mol. The second-order valence-electron chi connectivity index (χ2n) is 5.29. The molecule has 5 nitrogen and oxygen atoms in total. The molecule has 6 heteroatoms. The van der Waals surface area contributed by atoms with E-state index in [4.69, 9.17) is 4.74 Å². The number of nitrogens with one attached hydrogen (secondary N) is 1. The highest BCUT2D eigenvalue weighted by atomic mass is 32.1. The summed E-state index contributed by atoms with van der Waals surface area (Å²) in [5, 5.41) is 2.95. The molecule has 1 amide bonds. The van der Waals surface area contributed by atoms with Crippen LogP contribution < -0.4 is 10.2 Å². The molecule has 0 aliphatic carbocycles. The molecule has 23 heavy (non-hydrogen) atoms. The van der Waals surface area contributed by atoms with Crippen molar-refractivity contribution >= 4 is 34.4 Å². The molecule has 1 aromatic carbocycles. The minimum atomic E-state index is -0.191. The minimum absolute atomic E-state index is 0.0252. The van der Waals surface area contributed by atoms with Crippen LogP contribution in [0.3, 0.4) is 0 Å². The molecule has 0 bridgehead atoms. The van der Waals surface area contributed by atoms with Crippen LogP contribution in [0.25, 0.3) is 0 Å². The third-order valence-corrected chi connectivity index (χ3v) is 4.87. The van der Waals surface area contributed by atoms with Gasteiger partial charge < -0.3 is 15.0 Å². The Morgan fingerprint density at radius 3 is 2.48 bits per heavy atom. The van der Waals surface area contributed by atoms with E-state index >= 15 is 0 Å². The lowest BCUT2D eigenvalue weighted by Crippen LogP contribution is -2.36. The maximum atomic E-state index is 12.4. The minimum Gasteiger partial charge on any atom is -0.378 e. The first kappa shape index (κ1) is 15.7. The summed E-state index contributed by atoms with van der Waals surface area (Å²) in [4.78, 5) is 27.1. The molecule has 1 N–H and O–H groups in total. The molecule has 0 unspecified atom stereocenters. The summed E-state index contributed by atoms with van der Waals surface area (Å²) >= 11 is 1.21. The van der Waals surface area contributed by atoms with Crippen LogP contribution in [0.4, 0.5) is 11.4 Å². The van der Waals surface area contributed by atoms with Crippen molar-refractivity contribution in [1.29, 1.82) is 0 Å². The maximum Gasteiger partial charge on any atom is 0.265 e. The number of amides is 1. The van der Waals surface area contributed by atoms with Crippen molar-refractivity contribution in [3.8, 4) is 0 Å². The fraction of sp³-hybridized carbons (Fsp3) is 0.294. The summed E-state index contributed by atoms with van der Waals surface area (Å²) in [5.41, 5.74) is 1.77. The van der Waals surface area contributed by atoms with Crippen molar-refractivity contribution in [3.63, 3.8) is 0 Å². The predicted octanol–water partition coefficient (Wildman–Crippen LogP) is 3.04. The van der Waals surface area contributed by atoms with Crippen LogP contribution >= 0.6 is 11.3 Å². The van der Waals surface area contributed by atoms with Crippen LogP contribution in [0.1, 0.15) is 26.3 Å². The average molecular weight is 330 g/mol. The van der Waals surface area contributed by atoms with E-state index < -0.39 is 0 Å². The van der Waals surface area contributed by atoms with Crippen LogP contribution in [-0.2, 0) is 4.74 Å². The van der Waals surface area contributed by atoms with Crippen molar-refractivity contribution in [3.05, 3.63) is 46.2 Å². The quantitative estimate of drug-likeness (QED) is 0.876. The van der Waals surface area contributed by atoms with Crippen molar-refractivity contribution in [1.82, 2.24) is 0 Å². The summed E-state index contributed by atoms with van der Waals surface area (Å²) in [6.07, 6.45) is 0. The number of anilines is 2. The molecule has 120 valence electrons. The van der Waals surface area contributed by atoms with Gasteiger partial charge in [-0.2, -0.15) is 0 Å². The summed E-state index contributed by atoms with van der Waals surface area (Å²) in [6, 6.07) is 11.1. The molecule has 0 atom stereocenters. The van der Waals surface area contributed by atoms with E-state index in [1.807, 2.05) is 24.3 Å². The van der Waals surface area contributed by atoms with Crippen LogP contribution in [-0.4, -0.2) is 38.0 Å². The largest absolute Gasteiger partial charge is 0.378 e. The van der Waals surface area contributed by atoms with Crippen molar-refractivity contribution in [2.24, 2.45) is 0 Å². The Hall–Kier alpha value is -2.18. The molecule has 3 rings (SSSR count). The molecular weight excluding hydrogens is 312 g/mol. The normalized spacial score (nSPS) is 14.6. The number of carbonyl (C=O) groups is 2.